The summed E-state index contributed by atoms with van der Waals surface area (Å²) in [5.41, 5.74) is 2.22. The molecule has 19 heavy (non-hydrogen) atoms. The molecule has 0 aliphatic heterocycles. The molecule has 1 N–H and O–H groups in total. The van der Waals surface area contributed by atoms with Crippen molar-refractivity contribution in [1.82, 2.24) is 5.32 Å². The van der Waals surface area contributed by atoms with Gasteiger partial charge in [-0.1, -0.05) is 31.2 Å². The Morgan fingerprint density at radius 3 is 2.47 bits per heavy atom. The smallest absolute Gasteiger partial charge is 0.407 e. The number of carbonyl (C=O) groups is 1. The molecule has 0 heterocycles. The SMILES string of the molecule is CCc1ccc(C2CC2NC(=O)OC(C)(C)C)cc1. The molecule has 3 heteroatoms. The largest absolute Gasteiger partial charge is 0.444 e. The molecule has 0 saturated heterocycles. The molecule has 1 amide bonds. The van der Waals surface area contributed by atoms with Gasteiger partial charge in [-0.3, -0.25) is 0 Å². The van der Waals surface area contributed by atoms with Gasteiger partial charge in [0.15, 0.2) is 0 Å². The van der Waals surface area contributed by atoms with Gasteiger partial charge in [0.2, 0.25) is 0 Å². The predicted molar refractivity (Wildman–Crippen MR) is 76.3 cm³/mol. The van der Waals surface area contributed by atoms with Gasteiger partial charge < -0.3 is 10.1 Å². The molecule has 1 aromatic carbocycles. The average Bonchev–Trinajstić information content (AvgIpc) is 3.06. The molecule has 0 aromatic heterocycles. The van der Waals surface area contributed by atoms with Crippen LogP contribution in [-0.4, -0.2) is 17.7 Å². The highest BCUT2D eigenvalue weighted by atomic mass is 16.6. The molecule has 0 bridgehead atoms. The van der Waals surface area contributed by atoms with E-state index in [1.54, 1.807) is 0 Å². The standard InChI is InChI=1S/C16H23NO2/c1-5-11-6-8-12(9-7-11)13-10-14(13)17-15(18)19-16(2,3)4/h6-9,13-14H,5,10H2,1-4H3,(H,17,18). The number of carbonyl (C=O) groups excluding carboxylic acids is 1. The van der Waals surface area contributed by atoms with Gasteiger partial charge in [-0.2, -0.15) is 0 Å². The second-order valence-corrected chi connectivity index (χ2v) is 6.19. The number of alkyl carbamates (subject to hydrolysis) is 1. The molecular weight excluding hydrogens is 238 g/mol. The molecule has 104 valence electrons. The van der Waals surface area contributed by atoms with Crippen molar-refractivity contribution in [3.8, 4) is 0 Å². The van der Waals surface area contributed by atoms with Gasteiger partial charge >= 0.3 is 6.09 Å². The molecule has 2 unspecified atom stereocenters. The molecule has 2 rings (SSSR count). The van der Waals surface area contributed by atoms with E-state index < -0.39 is 5.60 Å². The topological polar surface area (TPSA) is 38.3 Å². The second kappa shape index (κ2) is 5.24. The lowest BCUT2D eigenvalue weighted by Crippen LogP contribution is -2.34. The summed E-state index contributed by atoms with van der Waals surface area (Å²) in [6.45, 7) is 7.78. The highest BCUT2D eigenvalue weighted by molar-refractivity contribution is 5.69. The lowest BCUT2D eigenvalue weighted by Gasteiger charge is -2.19. The van der Waals surface area contributed by atoms with E-state index in [4.69, 9.17) is 4.74 Å². The van der Waals surface area contributed by atoms with Crippen LogP contribution in [0.4, 0.5) is 4.79 Å². The van der Waals surface area contributed by atoms with Gasteiger partial charge in [0, 0.05) is 12.0 Å². The number of nitrogens with one attached hydrogen (secondary N) is 1. The molecule has 0 radical (unpaired) electrons. The fourth-order valence-corrected chi connectivity index (χ4v) is 2.18. The minimum Gasteiger partial charge on any atom is -0.444 e. The fraction of sp³-hybridized carbons (Fsp3) is 0.562. The van der Waals surface area contributed by atoms with Crippen LogP contribution in [0.3, 0.4) is 0 Å². The van der Waals surface area contributed by atoms with Crippen LogP contribution in [0.15, 0.2) is 24.3 Å². The number of benzene rings is 1. The van der Waals surface area contributed by atoms with Crippen molar-refractivity contribution in [3.63, 3.8) is 0 Å². The highest BCUT2D eigenvalue weighted by Crippen LogP contribution is 2.40. The van der Waals surface area contributed by atoms with Crippen molar-refractivity contribution in [2.45, 2.75) is 58.1 Å². The first kappa shape index (κ1) is 13.9. The fourth-order valence-electron chi connectivity index (χ4n) is 2.18. The minimum atomic E-state index is -0.433. The third-order valence-corrected chi connectivity index (χ3v) is 3.31. The normalized spacial score (nSPS) is 21.9. The summed E-state index contributed by atoms with van der Waals surface area (Å²) in [6.07, 6.45) is 1.75. The number of amides is 1. The third-order valence-electron chi connectivity index (χ3n) is 3.31. The van der Waals surface area contributed by atoms with Crippen molar-refractivity contribution in [1.29, 1.82) is 0 Å². The maximum absolute atomic E-state index is 11.7. The van der Waals surface area contributed by atoms with Crippen LogP contribution in [0.5, 0.6) is 0 Å². The van der Waals surface area contributed by atoms with Gasteiger partial charge in [-0.25, -0.2) is 4.79 Å². The first-order valence-corrected chi connectivity index (χ1v) is 6.97. The lowest BCUT2D eigenvalue weighted by atomic mass is 10.1. The van der Waals surface area contributed by atoms with E-state index in [-0.39, 0.29) is 12.1 Å². The van der Waals surface area contributed by atoms with E-state index in [0.717, 1.165) is 12.8 Å². The summed E-state index contributed by atoms with van der Waals surface area (Å²) in [5, 5.41) is 2.93. The zero-order valence-corrected chi connectivity index (χ0v) is 12.2. The van der Waals surface area contributed by atoms with Crippen LogP contribution in [0.1, 0.15) is 51.2 Å². The average molecular weight is 261 g/mol. The summed E-state index contributed by atoms with van der Waals surface area (Å²) >= 11 is 0. The van der Waals surface area contributed by atoms with Gasteiger partial charge in [0.05, 0.1) is 0 Å². The van der Waals surface area contributed by atoms with E-state index in [0.29, 0.717) is 5.92 Å². The lowest BCUT2D eigenvalue weighted by molar-refractivity contribution is 0.0523. The Balaban J connectivity index is 1.85. The Morgan fingerprint density at radius 2 is 1.95 bits per heavy atom. The maximum atomic E-state index is 11.7. The van der Waals surface area contributed by atoms with Gasteiger partial charge in [-0.05, 0) is 44.7 Å². The van der Waals surface area contributed by atoms with Crippen LogP contribution in [-0.2, 0) is 11.2 Å². The van der Waals surface area contributed by atoms with Crippen LogP contribution in [0.25, 0.3) is 0 Å². The first-order valence-electron chi connectivity index (χ1n) is 6.97. The molecule has 1 aliphatic carbocycles. The number of hydrogen-bond donors (Lipinski definition) is 1. The zero-order chi connectivity index (χ0) is 14.0. The van der Waals surface area contributed by atoms with E-state index >= 15 is 0 Å². The van der Waals surface area contributed by atoms with Crippen LogP contribution < -0.4 is 5.32 Å². The van der Waals surface area contributed by atoms with Gasteiger partial charge in [0.1, 0.15) is 5.60 Å². The second-order valence-electron chi connectivity index (χ2n) is 6.19. The van der Waals surface area contributed by atoms with Crippen molar-refractivity contribution in [3.05, 3.63) is 35.4 Å². The van der Waals surface area contributed by atoms with E-state index in [1.807, 2.05) is 20.8 Å². The number of aryl methyl sites for hydroxylation is 1. The van der Waals surface area contributed by atoms with Gasteiger partial charge in [-0.15, -0.1) is 0 Å². The number of ether oxygens (including phenoxy) is 1. The van der Waals surface area contributed by atoms with Crippen LogP contribution in [0.2, 0.25) is 0 Å². The molecule has 1 saturated carbocycles. The summed E-state index contributed by atoms with van der Waals surface area (Å²) in [6, 6.07) is 8.89. The summed E-state index contributed by atoms with van der Waals surface area (Å²) in [7, 11) is 0. The molecule has 3 nitrogen and oxygen atoms in total. The third kappa shape index (κ3) is 3.98. The molecule has 1 aromatic rings. The van der Waals surface area contributed by atoms with E-state index in [9.17, 15) is 4.79 Å². The van der Waals surface area contributed by atoms with E-state index in [1.165, 1.54) is 11.1 Å². The van der Waals surface area contributed by atoms with Crippen molar-refractivity contribution in [2.75, 3.05) is 0 Å². The molecular formula is C16H23NO2. The van der Waals surface area contributed by atoms with Crippen LogP contribution >= 0.6 is 0 Å². The molecule has 1 aliphatic rings. The van der Waals surface area contributed by atoms with E-state index in [2.05, 4.69) is 36.5 Å². The van der Waals surface area contributed by atoms with Crippen molar-refractivity contribution in [2.24, 2.45) is 0 Å². The number of hydrogen-bond acceptors (Lipinski definition) is 2. The number of rotatable bonds is 3. The Morgan fingerprint density at radius 1 is 1.32 bits per heavy atom. The molecule has 0 spiro atoms. The predicted octanol–water partition coefficient (Wildman–Crippen LogP) is 3.63. The molecule has 1 fully saturated rings. The minimum absolute atomic E-state index is 0.224. The molecule has 2 atom stereocenters. The summed E-state index contributed by atoms with van der Waals surface area (Å²) < 4.78 is 5.26. The Hall–Kier alpha value is -1.51. The van der Waals surface area contributed by atoms with Gasteiger partial charge in [0.25, 0.3) is 0 Å². The summed E-state index contributed by atoms with van der Waals surface area (Å²) in [4.78, 5) is 11.7. The highest BCUT2D eigenvalue weighted by Gasteiger charge is 2.40. The Labute approximate surface area is 115 Å². The monoisotopic (exact) mass is 261 g/mol. The zero-order valence-electron chi connectivity index (χ0n) is 12.2. The maximum Gasteiger partial charge on any atom is 0.407 e. The van der Waals surface area contributed by atoms with Crippen molar-refractivity contribution < 1.29 is 9.53 Å². The Kier molecular flexibility index (Phi) is 3.83. The quantitative estimate of drug-likeness (QED) is 0.902. The Bertz CT molecular complexity index is 445. The van der Waals surface area contributed by atoms with Crippen molar-refractivity contribution >= 4 is 6.09 Å². The summed E-state index contributed by atoms with van der Waals surface area (Å²) in [5.74, 6) is 0.443. The van der Waals surface area contributed by atoms with Crippen LogP contribution in [0, 0.1) is 0 Å². The first-order chi connectivity index (χ1) is 8.89.